The van der Waals surface area contributed by atoms with Gasteiger partial charge in [0.25, 0.3) is 5.56 Å². The number of aromatic amines is 1. The van der Waals surface area contributed by atoms with Crippen LogP contribution in [0.5, 0.6) is 11.5 Å². The Kier molecular flexibility index (Phi) is 4.87. The van der Waals surface area contributed by atoms with E-state index in [1.54, 1.807) is 0 Å². The van der Waals surface area contributed by atoms with Crippen LogP contribution in [-0.4, -0.2) is 56.1 Å². The lowest BCUT2D eigenvalue weighted by atomic mass is 10.1. The maximum atomic E-state index is 12.3. The van der Waals surface area contributed by atoms with Crippen molar-refractivity contribution in [2.45, 2.75) is 13.0 Å². The van der Waals surface area contributed by atoms with E-state index in [1.807, 2.05) is 18.2 Å². The van der Waals surface area contributed by atoms with Gasteiger partial charge in [-0.2, -0.15) is 0 Å². The molecule has 3 heterocycles. The maximum absolute atomic E-state index is 12.3. The molecule has 1 saturated heterocycles. The highest BCUT2D eigenvalue weighted by atomic mass is 16.7. The van der Waals surface area contributed by atoms with Crippen LogP contribution in [0.2, 0.25) is 0 Å². The van der Waals surface area contributed by atoms with Crippen molar-refractivity contribution in [2.75, 3.05) is 46.2 Å². The van der Waals surface area contributed by atoms with Crippen molar-refractivity contribution in [3.05, 3.63) is 34.1 Å². The lowest BCUT2D eigenvalue weighted by molar-refractivity contribution is 0.0374. The zero-order chi connectivity index (χ0) is 17.1. The molecule has 2 aliphatic heterocycles. The van der Waals surface area contributed by atoms with E-state index >= 15 is 0 Å². The Morgan fingerprint density at radius 3 is 2.76 bits per heavy atom. The van der Waals surface area contributed by atoms with Crippen LogP contribution in [0.4, 0.5) is 0 Å². The molecule has 0 spiro atoms. The van der Waals surface area contributed by atoms with Gasteiger partial charge in [0.2, 0.25) is 6.79 Å². The molecule has 2 aromatic rings. The summed E-state index contributed by atoms with van der Waals surface area (Å²) in [5, 5.41) is 4.32. The average Bonchev–Trinajstić information content (AvgIpc) is 3.08. The van der Waals surface area contributed by atoms with E-state index in [0.717, 1.165) is 68.0 Å². The van der Waals surface area contributed by atoms with E-state index in [9.17, 15) is 4.79 Å². The molecule has 1 fully saturated rings. The summed E-state index contributed by atoms with van der Waals surface area (Å²) >= 11 is 0. The predicted molar refractivity (Wildman–Crippen MR) is 94.3 cm³/mol. The highest BCUT2D eigenvalue weighted by Crippen LogP contribution is 2.35. The van der Waals surface area contributed by atoms with Crippen LogP contribution in [0.15, 0.2) is 23.0 Å². The summed E-state index contributed by atoms with van der Waals surface area (Å²) in [4.78, 5) is 17.6. The number of aromatic nitrogens is 1. The number of pyridine rings is 1. The van der Waals surface area contributed by atoms with Gasteiger partial charge in [-0.15, -0.1) is 0 Å². The van der Waals surface area contributed by atoms with Crippen molar-refractivity contribution in [2.24, 2.45) is 0 Å². The van der Waals surface area contributed by atoms with Gasteiger partial charge in [-0.1, -0.05) is 0 Å². The summed E-state index contributed by atoms with van der Waals surface area (Å²) in [5.74, 6) is 1.40. The van der Waals surface area contributed by atoms with E-state index in [4.69, 9.17) is 14.2 Å². The molecule has 0 saturated carbocycles. The summed E-state index contributed by atoms with van der Waals surface area (Å²) in [6, 6.07) is 5.65. The second-order valence-electron chi connectivity index (χ2n) is 6.40. The first-order valence-corrected chi connectivity index (χ1v) is 8.76. The summed E-state index contributed by atoms with van der Waals surface area (Å²) in [6.07, 6.45) is 1.06. The number of ether oxygens (including phenoxy) is 3. The van der Waals surface area contributed by atoms with Crippen LogP contribution in [-0.2, 0) is 11.3 Å². The summed E-state index contributed by atoms with van der Waals surface area (Å²) in [7, 11) is 0. The minimum absolute atomic E-state index is 0.0629. The average molecular weight is 345 g/mol. The number of morpholine rings is 1. The van der Waals surface area contributed by atoms with Crippen molar-refractivity contribution in [1.82, 2.24) is 15.2 Å². The third-order valence-corrected chi connectivity index (χ3v) is 4.66. The highest BCUT2D eigenvalue weighted by molar-refractivity contribution is 5.83. The molecule has 4 rings (SSSR count). The van der Waals surface area contributed by atoms with Crippen LogP contribution in [0.1, 0.15) is 12.0 Å². The molecule has 1 aromatic heterocycles. The SMILES string of the molecule is O=c1[nH]c2cc3c(cc2cc1CNCCCN1CCOCC1)OCO3. The zero-order valence-electron chi connectivity index (χ0n) is 14.2. The first kappa shape index (κ1) is 16.4. The predicted octanol–water partition coefficient (Wildman–Crippen LogP) is 1.07. The largest absolute Gasteiger partial charge is 0.454 e. The second kappa shape index (κ2) is 7.43. The second-order valence-corrected chi connectivity index (χ2v) is 6.40. The minimum atomic E-state index is -0.0629. The van der Waals surface area contributed by atoms with E-state index in [1.165, 1.54) is 0 Å². The van der Waals surface area contributed by atoms with Gasteiger partial charge in [0, 0.05) is 36.7 Å². The highest BCUT2D eigenvalue weighted by Gasteiger charge is 2.15. The van der Waals surface area contributed by atoms with E-state index < -0.39 is 0 Å². The molecule has 0 atom stereocenters. The Morgan fingerprint density at radius 1 is 1.12 bits per heavy atom. The van der Waals surface area contributed by atoms with Crippen LogP contribution < -0.4 is 20.3 Å². The van der Waals surface area contributed by atoms with Gasteiger partial charge >= 0.3 is 0 Å². The van der Waals surface area contributed by atoms with Crippen molar-refractivity contribution in [3.8, 4) is 11.5 Å². The molecule has 7 heteroatoms. The van der Waals surface area contributed by atoms with Crippen molar-refractivity contribution in [3.63, 3.8) is 0 Å². The summed E-state index contributed by atoms with van der Waals surface area (Å²) in [5.41, 5.74) is 1.44. The minimum Gasteiger partial charge on any atom is -0.454 e. The number of nitrogens with zero attached hydrogens (tertiary/aromatic N) is 1. The van der Waals surface area contributed by atoms with Crippen LogP contribution in [0, 0.1) is 0 Å². The van der Waals surface area contributed by atoms with Gasteiger partial charge in [-0.3, -0.25) is 9.69 Å². The Balaban J connectivity index is 1.34. The fraction of sp³-hybridized carbons (Fsp3) is 0.500. The van der Waals surface area contributed by atoms with Gasteiger partial charge < -0.3 is 24.5 Å². The Bertz CT molecular complexity index is 799. The van der Waals surface area contributed by atoms with Crippen molar-refractivity contribution >= 4 is 10.9 Å². The Labute approximate surface area is 145 Å². The number of H-pyrrole nitrogens is 1. The maximum Gasteiger partial charge on any atom is 0.252 e. The van der Waals surface area contributed by atoms with E-state index in [2.05, 4.69) is 15.2 Å². The third-order valence-electron chi connectivity index (χ3n) is 4.66. The molecular weight excluding hydrogens is 322 g/mol. The molecule has 0 bridgehead atoms. The molecule has 134 valence electrons. The van der Waals surface area contributed by atoms with Crippen molar-refractivity contribution in [1.29, 1.82) is 0 Å². The zero-order valence-corrected chi connectivity index (χ0v) is 14.2. The van der Waals surface area contributed by atoms with Gasteiger partial charge in [0.1, 0.15) is 0 Å². The first-order valence-electron chi connectivity index (χ1n) is 8.76. The lowest BCUT2D eigenvalue weighted by Gasteiger charge is -2.26. The molecular formula is C18H23N3O4. The number of fused-ring (bicyclic) bond motifs is 2. The monoisotopic (exact) mass is 345 g/mol. The fourth-order valence-electron chi connectivity index (χ4n) is 3.25. The lowest BCUT2D eigenvalue weighted by Crippen LogP contribution is -2.37. The molecule has 0 amide bonds. The van der Waals surface area contributed by atoms with Crippen LogP contribution in [0.3, 0.4) is 0 Å². The molecule has 2 aliphatic rings. The molecule has 0 unspecified atom stereocenters. The normalized spacial score (nSPS) is 17.3. The summed E-state index contributed by atoms with van der Waals surface area (Å²) in [6.45, 7) is 6.43. The molecule has 2 N–H and O–H groups in total. The van der Waals surface area contributed by atoms with Crippen LogP contribution >= 0.6 is 0 Å². The number of rotatable bonds is 6. The Morgan fingerprint density at radius 2 is 1.92 bits per heavy atom. The smallest absolute Gasteiger partial charge is 0.252 e. The van der Waals surface area contributed by atoms with E-state index in [0.29, 0.717) is 12.3 Å². The van der Waals surface area contributed by atoms with Gasteiger partial charge in [0.05, 0.1) is 18.7 Å². The molecule has 25 heavy (non-hydrogen) atoms. The van der Waals surface area contributed by atoms with Gasteiger partial charge in [0.15, 0.2) is 11.5 Å². The number of nitrogens with one attached hydrogen (secondary N) is 2. The number of hydrogen-bond donors (Lipinski definition) is 2. The molecule has 7 nitrogen and oxygen atoms in total. The van der Waals surface area contributed by atoms with E-state index in [-0.39, 0.29) is 12.4 Å². The number of benzene rings is 1. The quantitative estimate of drug-likeness (QED) is 0.763. The topological polar surface area (TPSA) is 75.8 Å². The number of hydrogen-bond acceptors (Lipinski definition) is 6. The van der Waals surface area contributed by atoms with Crippen LogP contribution in [0.25, 0.3) is 10.9 Å². The molecule has 0 aliphatic carbocycles. The summed E-state index contributed by atoms with van der Waals surface area (Å²) < 4.78 is 16.1. The molecule has 0 radical (unpaired) electrons. The fourth-order valence-corrected chi connectivity index (χ4v) is 3.25. The van der Waals surface area contributed by atoms with Gasteiger partial charge in [-0.25, -0.2) is 0 Å². The van der Waals surface area contributed by atoms with Gasteiger partial charge in [-0.05, 0) is 31.6 Å². The van der Waals surface area contributed by atoms with Crippen molar-refractivity contribution < 1.29 is 14.2 Å². The first-order chi connectivity index (χ1) is 12.3. The molecule has 1 aromatic carbocycles. The standard InChI is InChI=1S/C18H23N3O4/c22-18-14(11-19-2-1-3-21-4-6-23-7-5-21)8-13-9-16-17(25-12-24-16)10-15(13)20-18/h8-10,19H,1-7,11-12H2,(H,20,22). The third kappa shape index (κ3) is 3.78. The Hall–Kier alpha value is -2.09.